The number of hydrogen-bond acceptors (Lipinski definition) is 6. The van der Waals surface area contributed by atoms with Crippen molar-refractivity contribution in [3.8, 4) is 17.0 Å². The molecule has 1 aliphatic heterocycles. The van der Waals surface area contributed by atoms with Crippen molar-refractivity contribution in [2.24, 2.45) is 0 Å². The van der Waals surface area contributed by atoms with Crippen molar-refractivity contribution in [3.05, 3.63) is 76.4 Å². The lowest BCUT2D eigenvalue weighted by Crippen LogP contribution is -2.43. The number of carbonyl (C=O) groups is 3. The van der Waals surface area contributed by atoms with Gasteiger partial charge in [0.25, 0.3) is 5.91 Å². The van der Waals surface area contributed by atoms with Crippen molar-refractivity contribution < 1.29 is 27.9 Å². The fraction of sp³-hybridized carbons (Fsp3) is 0.355. The highest BCUT2D eigenvalue weighted by Crippen LogP contribution is 2.31. The number of anilines is 1. The number of pyridine rings is 1. The first-order valence-electron chi connectivity index (χ1n) is 13.6. The molecule has 3 amide bonds. The zero-order valence-corrected chi connectivity index (χ0v) is 24.3. The minimum Gasteiger partial charge on any atom is -0.485 e. The summed E-state index contributed by atoms with van der Waals surface area (Å²) in [5.74, 6) is -0.491. The van der Waals surface area contributed by atoms with Crippen molar-refractivity contribution in [3.63, 3.8) is 0 Å². The SMILES string of the molecule is Cc1cc(Cl)cc(-c2ccc(CN(C=O)C(=O)c3cc(OC(CF)CF)ccc3N(C)C3CCN(C=O)CC3)cn2)c1. The lowest BCUT2D eigenvalue weighted by molar-refractivity contribution is -0.119. The Hall–Kier alpha value is -4.05. The number of likely N-dealkylation sites (tertiary alicyclic amines) is 1. The molecule has 42 heavy (non-hydrogen) atoms. The number of aryl methyl sites for hydroxylation is 1. The highest BCUT2D eigenvalue weighted by atomic mass is 35.5. The van der Waals surface area contributed by atoms with E-state index < -0.39 is 25.4 Å². The first-order valence-corrected chi connectivity index (χ1v) is 14.0. The van der Waals surface area contributed by atoms with Gasteiger partial charge in [-0.15, -0.1) is 0 Å². The first-order chi connectivity index (χ1) is 20.3. The number of alkyl halides is 2. The fourth-order valence-corrected chi connectivity index (χ4v) is 5.31. The van der Waals surface area contributed by atoms with E-state index in [-0.39, 0.29) is 23.9 Å². The van der Waals surface area contributed by atoms with Gasteiger partial charge in [-0.2, -0.15) is 0 Å². The molecule has 1 fully saturated rings. The summed E-state index contributed by atoms with van der Waals surface area (Å²) in [5.41, 5.74) is 3.83. The number of rotatable bonds is 12. The number of amides is 3. The molecule has 0 N–H and O–H groups in total. The molecule has 1 aliphatic rings. The van der Waals surface area contributed by atoms with Gasteiger partial charge in [-0.3, -0.25) is 24.3 Å². The minimum absolute atomic E-state index is 0.0282. The van der Waals surface area contributed by atoms with E-state index in [0.717, 1.165) is 22.4 Å². The van der Waals surface area contributed by atoms with Gasteiger partial charge in [0.15, 0.2) is 6.10 Å². The monoisotopic (exact) mass is 598 g/mol. The molecule has 4 rings (SSSR count). The third-order valence-electron chi connectivity index (χ3n) is 7.32. The van der Waals surface area contributed by atoms with Crippen LogP contribution in [0.4, 0.5) is 14.5 Å². The van der Waals surface area contributed by atoms with Crippen molar-refractivity contribution in [1.82, 2.24) is 14.8 Å². The van der Waals surface area contributed by atoms with E-state index in [0.29, 0.717) is 54.3 Å². The third-order valence-corrected chi connectivity index (χ3v) is 7.54. The fourth-order valence-electron chi connectivity index (χ4n) is 5.02. The van der Waals surface area contributed by atoms with Gasteiger partial charge in [-0.1, -0.05) is 17.7 Å². The van der Waals surface area contributed by atoms with Gasteiger partial charge in [-0.25, -0.2) is 8.78 Å². The lowest BCUT2D eigenvalue weighted by Gasteiger charge is -2.37. The average Bonchev–Trinajstić information content (AvgIpc) is 3.01. The van der Waals surface area contributed by atoms with Gasteiger partial charge in [0.05, 0.1) is 17.8 Å². The molecule has 0 bridgehead atoms. The molecule has 0 radical (unpaired) electrons. The van der Waals surface area contributed by atoms with Gasteiger partial charge in [0.2, 0.25) is 12.8 Å². The molecule has 3 aromatic rings. The van der Waals surface area contributed by atoms with Crippen molar-refractivity contribution >= 4 is 36.0 Å². The zero-order valence-electron chi connectivity index (χ0n) is 23.5. The molecule has 1 aromatic heterocycles. The summed E-state index contributed by atoms with van der Waals surface area (Å²) in [6.07, 6.45) is 2.93. The summed E-state index contributed by atoms with van der Waals surface area (Å²) in [5, 5.41) is 0.597. The second-order valence-corrected chi connectivity index (χ2v) is 10.8. The highest BCUT2D eigenvalue weighted by Gasteiger charge is 2.27. The maximum Gasteiger partial charge on any atom is 0.262 e. The molecular weight excluding hydrogens is 566 g/mol. The average molecular weight is 599 g/mol. The van der Waals surface area contributed by atoms with Crippen LogP contribution in [-0.2, 0) is 16.1 Å². The molecule has 222 valence electrons. The lowest BCUT2D eigenvalue weighted by atomic mass is 10.0. The summed E-state index contributed by atoms with van der Waals surface area (Å²) in [6, 6.07) is 13.8. The zero-order chi connectivity index (χ0) is 30.2. The molecule has 8 nitrogen and oxygen atoms in total. The molecule has 1 saturated heterocycles. The Morgan fingerprint density at radius 1 is 1.12 bits per heavy atom. The van der Waals surface area contributed by atoms with Gasteiger partial charge in [-0.05, 0) is 73.4 Å². The van der Waals surface area contributed by atoms with Crippen LogP contribution in [0, 0.1) is 6.92 Å². The van der Waals surface area contributed by atoms with Crippen LogP contribution >= 0.6 is 11.6 Å². The minimum atomic E-state index is -1.31. The van der Waals surface area contributed by atoms with E-state index in [1.807, 2.05) is 37.1 Å². The van der Waals surface area contributed by atoms with E-state index in [1.54, 1.807) is 35.4 Å². The normalized spacial score (nSPS) is 13.6. The smallest absolute Gasteiger partial charge is 0.262 e. The molecule has 0 saturated carbocycles. The van der Waals surface area contributed by atoms with Gasteiger partial charge in [0.1, 0.15) is 19.1 Å². The Bertz CT molecular complexity index is 1380. The second kappa shape index (κ2) is 14.2. The van der Waals surface area contributed by atoms with Crippen molar-refractivity contribution in [1.29, 1.82) is 0 Å². The van der Waals surface area contributed by atoms with Crippen LogP contribution in [0.15, 0.2) is 54.7 Å². The second-order valence-electron chi connectivity index (χ2n) is 10.3. The van der Waals surface area contributed by atoms with E-state index >= 15 is 0 Å². The number of halogens is 3. The van der Waals surface area contributed by atoms with E-state index in [1.165, 1.54) is 6.07 Å². The van der Waals surface area contributed by atoms with E-state index in [4.69, 9.17) is 16.3 Å². The Balaban J connectivity index is 1.60. The number of carbonyl (C=O) groups excluding carboxylic acids is 3. The summed E-state index contributed by atoms with van der Waals surface area (Å²) in [4.78, 5) is 46.3. The summed E-state index contributed by atoms with van der Waals surface area (Å²) >= 11 is 6.19. The Labute approximate surface area is 248 Å². The Morgan fingerprint density at radius 2 is 1.86 bits per heavy atom. The van der Waals surface area contributed by atoms with Gasteiger partial charge >= 0.3 is 0 Å². The molecule has 0 atom stereocenters. The maximum absolute atomic E-state index is 13.8. The number of hydrogen-bond donors (Lipinski definition) is 0. The summed E-state index contributed by atoms with van der Waals surface area (Å²) in [7, 11) is 1.84. The van der Waals surface area contributed by atoms with Crippen LogP contribution in [0.1, 0.15) is 34.3 Å². The van der Waals surface area contributed by atoms with Crippen LogP contribution in [0.25, 0.3) is 11.3 Å². The quantitative estimate of drug-likeness (QED) is 0.265. The topological polar surface area (TPSA) is 83.0 Å². The van der Waals surface area contributed by atoms with Crippen molar-refractivity contribution in [2.75, 3.05) is 38.4 Å². The third kappa shape index (κ3) is 7.42. The van der Waals surface area contributed by atoms with Crippen LogP contribution in [0.5, 0.6) is 5.75 Å². The van der Waals surface area contributed by atoms with E-state index in [9.17, 15) is 23.2 Å². The highest BCUT2D eigenvalue weighted by molar-refractivity contribution is 6.30. The van der Waals surface area contributed by atoms with Crippen LogP contribution < -0.4 is 9.64 Å². The molecule has 0 spiro atoms. The standard InChI is InChI=1S/C31H33ClF2N4O4/c1-21-11-23(13-24(32)12-21)29-5-3-22(17-35-29)18-38(20-40)31(41)28-14-26(42-27(15-33)16-34)4-6-30(28)36(2)25-7-9-37(19-39)10-8-25/h3-6,11-14,17,19-20,25,27H,7-10,15-16,18H2,1-2H3. The number of ether oxygens (including phenoxy) is 1. The largest absolute Gasteiger partial charge is 0.485 e. The number of aromatic nitrogens is 1. The maximum atomic E-state index is 13.8. The van der Waals surface area contributed by atoms with Crippen LogP contribution in [0.3, 0.4) is 0 Å². The van der Waals surface area contributed by atoms with Gasteiger partial charge in [0, 0.05) is 48.6 Å². The molecule has 0 unspecified atom stereocenters. The predicted octanol–water partition coefficient (Wildman–Crippen LogP) is 5.25. The van der Waals surface area contributed by atoms with Crippen LogP contribution in [-0.4, -0.2) is 79.1 Å². The summed E-state index contributed by atoms with van der Waals surface area (Å²) in [6.45, 7) is 0.982. The van der Waals surface area contributed by atoms with Crippen molar-refractivity contribution in [2.45, 2.75) is 38.5 Å². The molecule has 2 heterocycles. The molecular formula is C31H33ClF2N4O4. The Morgan fingerprint density at radius 3 is 2.45 bits per heavy atom. The summed E-state index contributed by atoms with van der Waals surface area (Å²) < 4.78 is 31.8. The Kier molecular flexibility index (Phi) is 10.5. The van der Waals surface area contributed by atoms with Gasteiger partial charge < -0.3 is 14.5 Å². The molecule has 11 heteroatoms. The number of piperidine rings is 1. The molecule has 0 aliphatic carbocycles. The number of nitrogens with zero attached hydrogens (tertiary/aromatic N) is 4. The number of imide groups is 1. The predicted molar refractivity (Wildman–Crippen MR) is 157 cm³/mol. The molecule has 2 aromatic carbocycles. The first kappa shape index (κ1) is 30.9. The number of benzene rings is 2. The van der Waals surface area contributed by atoms with E-state index in [2.05, 4.69) is 4.98 Å². The van der Waals surface area contributed by atoms with Crippen LogP contribution in [0.2, 0.25) is 5.02 Å².